The van der Waals surface area contributed by atoms with Gasteiger partial charge in [-0.05, 0) is 19.4 Å². The van der Waals surface area contributed by atoms with Gasteiger partial charge in [-0.15, -0.1) is 0 Å². The Bertz CT molecular complexity index is 195. The summed E-state index contributed by atoms with van der Waals surface area (Å²) in [5, 5.41) is 9.07. The molecule has 1 rings (SSSR count). The van der Waals surface area contributed by atoms with Crippen molar-refractivity contribution in [3.05, 3.63) is 0 Å². The van der Waals surface area contributed by atoms with E-state index in [2.05, 4.69) is 4.90 Å². The Kier molecular flexibility index (Phi) is 4.35. The smallest absolute Gasteiger partial charge is 0.223 e. The van der Waals surface area contributed by atoms with E-state index >= 15 is 0 Å². The lowest BCUT2D eigenvalue weighted by Gasteiger charge is -2.22. The molecule has 4 nitrogen and oxygen atoms in total. The van der Waals surface area contributed by atoms with Gasteiger partial charge in [0.25, 0.3) is 0 Å². The molecule has 0 aliphatic carbocycles. The Labute approximate surface area is 85.5 Å². The van der Waals surface area contributed by atoms with Gasteiger partial charge >= 0.3 is 0 Å². The highest BCUT2D eigenvalue weighted by molar-refractivity contribution is 5.75. The molecule has 0 spiro atoms. The van der Waals surface area contributed by atoms with Crippen LogP contribution in [-0.2, 0) is 4.79 Å². The first-order valence-corrected chi connectivity index (χ1v) is 5.20. The van der Waals surface area contributed by atoms with Crippen molar-refractivity contribution in [3.63, 3.8) is 0 Å². The second-order valence-electron chi connectivity index (χ2n) is 4.05. The fourth-order valence-corrected chi connectivity index (χ4v) is 1.86. The van der Waals surface area contributed by atoms with Crippen LogP contribution in [0.1, 0.15) is 19.3 Å². The van der Waals surface area contributed by atoms with Gasteiger partial charge in [-0.25, -0.2) is 0 Å². The van der Waals surface area contributed by atoms with Gasteiger partial charge in [-0.3, -0.25) is 9.69 Å². The summed E-state index contributed by atoms with van der Waals surface area (Å²) < 4.78 is 0. The van der Waals surface area contributed by atoms with Crippen LogP contribution in [0.2, 0.25) is 0 Å². The molecule has 1 atom stereocenters. The molecular weight excluding hydrogens is 180 g/mol. The van der Waals surface area contributed by atoms with Gasteiger partial charge in [0.15, 0.2) is 0 Å². The van der Waals surface area contributed by atoms with E-state index in [1.165, 1.54) is 0 Å². The van der Waals surface area contributed by atoms with Gasteiger partial charge in [0.05, 0.1) is 6.61 Å². The summed E-state index contributed by atoms with van der Waals surface area (Å²) in [6, 6.07) is 0.282. The Hall–Kier alpha value is -0.610. The molecular formula is C10H20N2O2. The van der Waals surface area contributed by atoms with Crippen molar-refractivity contribution in [2.75, 3.05) is 33.8 Å². The molecule has 1 N–H and O–H groups in total. The zero-order valence-electron chi connectivity index (χ0n) is 9.07. The maximum absolute atomic E-state index is 11.3. The molecule has 82 valence electrons. The van der Waals surface area contributed by atoms with Gasteiger partial charge in [0, 0.05) is 33.1 Å². The lowest BCUT2D eigenvalue weighted by Crippen LogP contribution is -2.35. The van der Waals surface area contributed by atoms with Crippen LogP contribution in [0, 0.1) is 0 Å². The lowest BCUT2D eigenvalue weighted by molar-refractivity contribution is -0.129. The minimum Gasteiger partial charge on any atom is -0.395 e. The number of carbonyl (C=O) groups excluding carboxylic acids is 1. The van der Waals surface area contributed by atoms with Gasteiger partial charge in [-0.1, -0.05) is 0 Å². The van der Waals surface area contributed by atoms with Crippen molar-refractivity contribution in [2.24, 2.45) is 0 Å². The maximum Gasteiger partial charge on any atom is 0.223 e. The van der Waals surface area contributed by atoms with E-state index in [-0.39, 0.29) is 18.6 Å². The normalized spacial score (nSPS) is 22.6. The number of nitrogens with zero attached hydrogens (tertiary/aromatic N) is 2. The van der Waals surface area contributed by atoms with Crippen molar-refractivity contribution in [3.8, 4) is 0 Å². The quantitative estimate of drug-likeness (QED) is 0.690. The van der Waals surface area contributed by atoms with Gasteiger partial charge in [0.1, 0.15) is 0 Å². The van der Waals surface area contributed by atoms with E-state index in [1.54, 1.807) is 19.0 Å². The van der Waals surface area contributed by atoms with E-state index in [4.69, 9.17) is 5.11 Å². The van der Waals surface area contributed by atoms with Crippen LogP contribution in [0.5, 0.6) is 0 Å². The number of rotatable bonds is 4. The molecule has 0 saturated carbocycles. The minimum atomic E-state index is 0.161. The first-order chi connectivity index (χ1) is 6.65. The Morgan fingerprint density at radius 1 is 1.57 bits per heavy atom. The van der Waals surface area contributed by atoms with Crippen molar-refractivity contribution >= 4 is 5.91 Å². The molecule has 14 heavy (non-hydrogen) atoms. The molecule has 0 unspecified atom stereocenters. The number of hydrogen-bond acceptors (Lipinski definition) is 3. The minimum absolute atomic E-state index is 0.161. The Morgan fingerprint density at radius 3 is 2.86 bits per heavy atom. The molecule has 1 aliphatic rings. The van der Waals surface area contributed by atoms with Crippen molar-refractivity contribution in [2.45, 2.75) is 25.3 Å². The SMILES string of the molecule is CN(C)C(=O)CCN1CCC[C@@H]1CO. The summed E-state index contributed by atoms with van der Waals surface area (Å²) in [5.74, 6) is 0.161. The Morgan fingerprint density at radius 2 is 2.29 bits per heavy atom. The van der Waals surface area contributed by atoms with Crippen molar-refractivity contribution < 1.29 is 9.90 Å². The third-order valence-electron chi connectivity index (χ3n) is 2.82. The number of aliphatic hydroxyl groups is 1. The zero-order chi connectivity index (χ0) is 10.6. The molecule has 1 heterocycles. The summed E-state index contributed by atoms with van der Waals surface area (Å²) in [4.78, 5) is 15.2. The molecule has 1 amide bonds. The fourth-order valence-electron chi connectivity index (χ4n) is 1.86. The summed E-state index contributed by atoms with van der Waals surface area (Å²) in [7, 11) is 3.55. The Balaban J connectivity index is 2.27. The first kappa shape index (κ1) is 11.5. The molecule has 4 heteroatoms. The molecule has 0 aromatic heterocycles. The van der Waals surface area contributed by atoms with Gasteiger partial charge in [-0.2, -0.15) is 0 Å². The van der Waals surface area contributed by atoms with Crippen LogP contribution in [0.15, 0.2) is 0 Å². The molecule has 1 fully saturated rings. The van der Waals surface area contributed by atoms with Crippen molar-refractivity contribution in [1.82, 2.24) is 9.80 Å². The second-order valence-corrected chi connectivity index (χ2v) is 4.05. The highest BCUT2D eigenvalue weighted by Gasteiger charge is 2.23. The highest BCUT2D eigenvalue weighted by atomic mass is 16.3. The summed E-state index contributed by atoms with van der Waals surface area (Å²) in [6.07, 6.45) is 2.76. The summed E-state index contributed by atoms with van der Waals surface area (Å²) in [6.45, 7) is 2.02. The average Bonchev–Trinajstić information content (AvgIpc) is 2.60. The number of aliphatic hydroxyl groups excluding tert-OH is 1. The summed E-state index contributed by atoms with van der Waals surface area (Å²) >= 11 is 0. The molecule has 1 saturated heterocycles. The maximum atomic E-state index is 11.3. The van der Waals surface area contributed by atoms with E-state index in [0.717, 1.165) is 25.9 Å². The number of amides is 1. The predicted octanol–water partition coefficient (Wildman–Crippen LogP) is -0.0786. The van der Waals surface area contributed by atoms with E-state index in [1.807, 2.05) is 0 Å². The van der Waals surface area contributed by atoms with Crippen LogP contribution in [0.25, 0.3) is 0 Å². The molecule has 0 aromatic carbocycles. The third kappa shape index (κ3) is 2.96. The third-order valence-corrected chi connectivity index (χ3v) is 2.82. The largest absolute Gasteiger partial charge is 0.395 e. The van der Waals surface area contributed by atoms with E-state index in [0.29, 0.717) is 6.42 Å². The van der Waals surface area contributed by atoms with Crippen LogP contribution in [0.4, 0.5) is 0 Å². The van der Waals surface area contributed by atoms with Gasteiger partial charge in [0.2, 0.25) is 5.91 Å². The lowest BCUT2D eigenvalue weighted by atomic mass is 10.2. The fraction of sp³-hybridized carbons (Fsp3) is 0.900. The average molecular weight is 200 g/mol. The number of likely N-dealkylation sites (tertiary alicyclic amines) is 1. The highest BCUT2D eigenvalue weighted by Crippen LogP contribution is 2.16. The summed E-state index contributed by atoms with van der Waals surface area (Å²) in [5.41, 5.74) is 0. The number of hydrogen-bond donors (Lipinski definition) is 1. The molecule has 0 aromatic rings. The van der Waals surface area contributed by atoms with Crippen LogP contribution < -0.4 is 0 Å². The molecule has 0 radical (unpaired) electrons. The van der Waals surface area contributed by atoms with Crippen LogP contribution >= 0.6 is 0 Å². The van der Waals surface area contributed by atoms with E-state index < -0.39 is 0 Å². The van der Waals surface area contributed by atoms with E-state index in [9.17, 15) is 4.79 Å². The topological polar surface area (TPSA) is 43.8 Å². The second kappa shape index (κ2) is 5.32. The van der Waals surface area contributed by atoms with Gasteiger partial charge < -0.3 is 10.0 Å². The monoisotopic (exact) mass is 200 g/mol. The number of carbonyl (C=O) groups is 1. The molecule has 0 bridgehead atoms. The predicted molar refractivity (Wildman–Crippen MR) is 55.0 cm³/mol. The zero-order valence-corrected chi connectivity index (χ0v) is 9.07. The first-order valence-electron chi connectivity index (χ1n) is 5.20. The van der Waals surface area contributed by atoms with Crippen molar-refractivity contribution in [1.29, 1.82) is 0 Å². The molecule has 1 aliphatic heterocycles. The van der Waals surface area contributed by atoms with Crippen LogP contribution in [0.3, 0.4) is 0 Å². The van der Waals surface area contributed by atoms with Crippen LogP contribution in [-0.4, -0.2) is 60.6 Å². The standard InChI is InChI=1S/C10H20N2O2/c1-11(2)10(14)5-7-12-6-3-4-9(12)8-13/h9,13H,3-8H2,1-2H3/t9-/m1/s1.